The van der Waals surface area contributed by atoms with Crippen LogP contribution < -0.4 is 0 Å². The molecular weight excluding hydrogens is 138 g/mol. The number of rotatable bonds is 1. The number of hydrogen-bond donors (Lipinski definition) is 1. The van der Waals surface area contributed by atoms with E-state index in [1.807, 2.05) is 0 Å². The Balaban J connectivity index is 2.63. The number of carbonyl (C=O) groups excluding carboxylic acids is 1. The van der Waals surface area contributed by atoms with Gasteiger partial charge in [-0.2, -0.15) is 0 Å². The molecule has 1 atom stereocenters. The molecule has 0 spiro atoms. The highest BCUT2D eigenvalue weighted by molar-refractivity contribution is 7.96. The lowest BCUT2D eigenvalue weighted by atomic mass is 10.5. The average Bonchev–Trinajstić information content (AvgIpc) is 2.12. The predicted octanol–water partition coefficient (Wildman–Crippen LogP) is -0.0188. The molecule has 0 aromatic heterocycles. The quantitative estimate of drug-likeness (QED) is 0.527. The van der Waals surface area contributed by atoms with Crippen molar-refractivity contribution in [2.45, 2.75) is 6.23 Å². The van der Waals surface area contributed by atoms with E-state index in [0.29, 0.717) is 0 Å². The highest BCUT2D eigenvalue weighted by Gasteiger charge is 2.22. The minimum Gasteiger partial charge on any atom is -0.369 e. The van der Waals surface area contributed by atoms with Crippen LogP contribution in [0.2, 0.25) is 0 Å². The second-order valence-electron chi connectivity index (χ2n) is 1.62. The summed E-state index contributed by atoms with van der Waals surface area (Å²) >= 11 is 1.22. The van der Waals surface area contributed by atoms with E-state index in [4.69, 9.17) is 5.11 Å². The third kappa shape index (κ3) is 1.09. The molecule has 0 aromatic rings. The average molecular weight is 145 g/mol. The molecular formula is C5H7NO2S. The van der Waals surface area contributed by atoms with Crippen LogP contribution in [0.5, 0.6) is 0 Å². The fourth-order valence-corrected chi connectivity index (χ4v) is 1.18. The maximum absolute atomic E-state index is 10.7. The van der Waals surface area contributed by atoms with Crippen molar-refractivity contribution in [3.8, 4) is 0 Å². The van der Waals surface area contributed by atoms with Gasteiger partial charge >= 0.3 is 0 Å². The van der Waals surface area contributed by atoms with E-state index in [9.17, 15) is 4.79 Å². The molecule has 9 heavy (non-hydrogen) atoms. The highest BCUT2D eigenvalue weighted by Crippen LogP contribution is 2.16. The third-order valence-electron chi connectivity index (χ3n) is 1.07. The number of hydrogen-bond acceptors (Lipinski definition) is 3. The molecule has 3 nitrogen and oxygen atoms in total. The zero-order valence-corrected chi connectivity index (χ0v) is 5.76. The monoisotopic (exact) mass is 145 g/mol. The van der Waals surface area contributed by atoms with E-state index < -0.39 is 6.23 Å². The molecule has 1 heterocycles. The minimum atomic E-state index is -0.729. The van der Waals surface area contributed by atoms with Crippen LogP contribution in [-0.4, -0.2) is 27.8 Å². The van der Waals surface area contributed by atoms with Gasteiger partial charge in [0.05, 0.1) is 0 Å². The Hall–Kier alpha value is -0.480. The number of nitrogens with zero attached hydrogens (tertiary/aromatic N) is 1. The van der Waals surface area contributed by atoms with Crippen molar-refractivity contribution in [2.75, 3.05) is 6.26 Å². The van der Waals surface area contributed by atoms with Gasteiger partial charge < -0.3 is 5.11 Å². The molecule has 0 saturated carbocycles. The molecule has 1 rings (SSSR count). The van der Waals surface area contributed by atoms with Crippen LogP contribution in [0.3, 0.4) is 0 Å². The number of aliphatic hydroxyl groups is 1. The van der Waals surface area contributed by atoms with E-state index in [-0.39, 0.29) is 5.91 Å². The molecule has 4 heteroatoms. The standard InChI is InChI=1S/C5H7NO2S/c1-9-6-4(7)2-3-5(6)8/h2-4,7H,1H3. The largest absolute Gasteiger partial charge is 0.369 e. The first-order valence-corrected chi connectivity index (χ1v) is 3.67. The van der Waals surface area contributed by atoms with Crippen molar-refractivity contribution in [2.24, 2.45) is 0 Å². The van der Waals surface area contributed by atoms with Crippen LogP contribution in [0.4, 0.5) is 0 Å². The lowest BCUT2D eigenvalue weighted by Crippen LogP contribution is -2.26. The molecule has 0 bridgehead atoms. The van der Waals surface area contributed by atoms with E-state index >= 15 is 0 Å². The Bertz CT molecular complexity index is 157. The number of aliphatic hydroxyl groups excluding tert-OH is 1. The molecule has 0 saturated heterocycles. The summed E-state index contributed by atoms with van der Waals surface area (Å²) in [6.07, 6.45) is 3.83. The van der Waals surface area contributed by atoms with Crippen LogP contribution in [0.15, 0.2) is 12.2 Å². The fraction of sp³-hybridized carbons (Fsp3) is 0.400. The van der Waals surface area contributed by atoms with Gasteiger partial charge in [-0.15, -0.1) is 0 Å². The molecule has 1 aliphatic rings. The van der Waals surface area contributed by atoms with Gasteiger partial charge in [-0.1, -0.05) is 0 Å². The SMILES string of the molecule is CSN1C(=O)C=CC1O. The lowest BCUT2D eigenvalue weighted by Gasteiger charge is -2.15. The van der Waals surface area contributed by atoms with Crippen LogP contribution in [0, 0.1) is 0 Å². The van der Waals surface area contributed by atoms with Crippen molar-refractivity contribution < 1.29 is 9.90 Å². The maximum Gasteiger partial charge on any atom is 0.258 e. The van der Waals surface area contributed by atoms with Gasteiger partial charge in [-0.25, -0.2) is 0 Å². The summed E-state index contributed by atoms with van der Waals surface area (Å²) in [4.78, 5) is 10.7. The van der Waals surface area contributed by atoms with E-state index in [2.05, 4.69) is 0 Å². The van der Waals surface area contributed by atoms with Crippen LogP contribution in [0.1, 0.15) is 0 Å². The van der Waals surface area contributed by atoms with Gasteiger partial charge in [0.15, 0.2) is 6.23 Å². The Morgan fingerprint density at radius 3 is 2.78 bits per heavy atom. The first-order valence-electron chi connectivity index (χ1n) is 2.49. The Morgan fingerprint density at radius 1 is 1.89 bits per heavy atom. The van der Waals surface area contributed by atoms with Gasteiger partial charge in [0.25, 0.3) is 5.91 Å². The molecule has 1 aliphatic heterocycles. The summed E-state index contributed by atoms with van der Waals surface area (Å²) in [5, 5.41) is 8.96. The lowest BCUT2D eigenvalue weighted by molar-refractivity contribution is -0.123. The van der Waals surface area contributed by atoms with Gasteiger partial charge in [0, 0.05) is 12.3 Å². The van der Waals surface area contributed by atoms with Crippen molar-refractivity contribution >= 4 is 17.9 Å². The molecule has 0 aliphatic carbocycles. The molecule has 1 N–H and O–H groups in total. The van der Waals surface area contributed by atoms with Crippen LogP contribution in [-0.2, 0) is 4.79 Å². The second-order valence-corrected chi connectivity index (χ2v) is 2.38. The van der Waals surface area contributed by atoms with Crippen LogP contribution >= 0.6 is 11.9 Å². The first-order chi connectivity index (χ1) is 4.25. The summed E-state index contributed by atoms with van der Waals surface area (Å²) in [6, 6.07) is 0. The van der Waals surface area contributed by atoms with Crippen molar-refractivity contribution in [3.63, 3.8) is 0 Å². The van der Waals surface area contributed by atoms with Gasteiger partial charge in [0.2, 0.25) is 0 Å². The van der Waals surface area contributed by atoms with E-state index in [0.717, 1.165) is 0 Å². The molecule has 0 aromatic carbocycles. The Kier molecular flexibility index (Phi) is 1.78. The van der Waals surface area contributed by atoms with Crippen molar-refractivity contribution in [1.82, 2.24) is 4.31 Å². The molecule has 1 unspecified atom stereocenters. The summed E-state index contributed by atoms with van der Waals surface area (Å²) < 4.78 is 1.29. The van der Waals surface area contributed by atoms with Gasteiger partial charge in [-0.05, 0) is 18.0 Å². The molecule has 1 amide bonds. The summed E-state index contributed by atoms with van der Waals surface area (Å²) in [6.45, 7) is 0. The van der Waals surface area contributed by atoms with Crippen molar-refractivity contribution in [1.29, 1.82) is 0 Å². The number of amides is 1. The first kappa shape index (κ1) is 6.64. The minimum absolute atomic E-state index is 0.144. The predicted molar refractivity (Wildman–Crippen MR) is 35.5 cm³/mol. The smallest absolute Gasteiger partial charge is 0.258 e. The van der Waals surface area contributed by atoms with Crippen molar-refractivity contribution in [3.05, 3.63) is 12.2 Å². The normalized spacial score (nSPS) is 25.8. The Labute approximate surface area is 57.5 Å². The second kappa shape index (κ2) is 2.41. The summed E-state index contributed by atoms with van der Waals surface area (Å²) in [5.41, 5.74) is 0. The summed E-state index contributed by atoms with van der Waals surface area (Å²) in [7, 11) is 0. The third-order valence-corrected chi connectivity index (χ3v) is 1.85. The fourth-order valence-electron chi connectivity index (χ4n) is 0.648. The Morgan fingerprint density at radius 2 is 2.56 bits per heavy atom. The number of carbonyl (C=O) groups is 1. The highest BCUT2D eigenvalue weighted by atomic mass is 32.2. The molecule has 50 valence electrons. The zero-order chi connectivity index (χ0) is 6.85. The van der Waals surface area contributed by atoms with Gasteiger partial charge in [0.1, 0.15) is 0 Å². The topological polar surface area (TPSA) is 40.5 Å². The zero-order valence-electron chi connectivity index (χ0n) is 4.94. The van der Waals surface area contributed by atoms with Gasteiger partial charge in [-0.3, -0.25) is 9.10 Å². The van der Waals surface area contributed by atoms with Crippen LogP contribution in [0.25, 0.3) is 0 Å². The maximum atomic E-state index is 10.7. The van der Waals surface area contributed by atoms with E-state index in [1.54, 1.807) is 6.26 Å². The molecule has 0 fully saturated rings. The van der Waals surface area contributed by atoms with E-state index in [1.165, 1.54) is 28.4 Å². The summed E-state index contributed by atoms with van der Waals surface area (Å²) in [5.74, 6) is -0.144. The molecule has 0 radical (unpaired) electrons.